The maximum Gasteiger partial charge on any atom is 0.303 e. The maximum absolute atomic E-state index is 12.0. The lowest BCUT2D eigenvalue weighted by Gasteiger charge is -2.13. The largest absolute Gasteiger partial charge is 0.481 e. The molecule has 7 heteroatoms. The average molecular weight is 285 g/mol. The van der Waals surface area contributed by atoms with Crippen molar-refractivity contribution in [3.05, 3.63) is 10.6 Å². The minimum absolute atomic E-state index is 0.0511. The molecule has 2 N–H and O–H groups in total. The van der Waals surface area contributed by atoms with Gasteiger partial charge in [0.05, 0.1) is 5.69 Å². The van der Waals surface area contributed by atoms with Crippen LogP contribution < -0.4 is 5.32 Å². The van der Waals surface area contributed by atoms with E-state index in [4.69, 9.17) is 5.11 Å². The van der Waals surface area contributed by atoms with Crippen molar-refractivity contribution in [2.24, 2.45) is 5.92 Å². The Morgan fingerprint density at radius 2 is 2.11 bits per heavy atom. The van der Waals surface area contributed by atoms with Crippen molar-refractivity contribution in [1.29, 1.82) is 0 Å². The van der Waals surface area contributed by atoms with E-state index in [1.54, 1.807) is 0 Å². The Balaban J connectivity index is 2.59. The quantitative estimate of drug-likeness (QED) is 0.798. The van der Waals surface area contributed by atoms with Crippen LogP contribution in [0.5, 0.6) is 0 Å². The Morgan fingerprint density at radius 1 is 1.42 bits per heavy atom. The first-order chi connectivity index (χ1) is 8.95. The van der Waals surface area contributed by atoms with Gasteiger partial charge in [-0.15, -0.1) is 5.10 Å². The molecule has 0 aliphatic carbocycles. The van der Waals surface area contributed by atoms with E-state index in [0.717, 1.165) is 11.5 Å². The molecule has 1 amide bonds. The molecule has 1 atom stereocenters. The highest BCUT2D eigenvalue weighted by atomic mass is 32.1. The van der Waals surface area contributed by atoms with Crippen LogP contribution >= 0.6 is 11.5 Å². The number of amides is 1. The molecule has 1 heterocycles. The number of carbonyl (C=O) groups excluding carboxylic acids is 1. The van der Waals surface area contributed by atoms with Crippen LogP contribution in [-0.2, 0) is 4.79 Å². The summed E-state index contributed by atoms with van der Waals surface area (Å²) in [6.45, 7) is 6.17. The average Bonchev–Trinajstić information content (AvgIpc) is 2.82. The van der Waals surface area contributed by atoms with Crippen molar-refractivity contribution in [3.8, 4) is 0 Å². The van der Waals surface area contributed by atoms with Crippen LogP contribution in [0, 0.1) is 5.92 Å². The molecule has 106 valence electrons. The number of carbonyl (C=O) groups is 2. The van der Waals surface area contributed by atoms with Gasteiger partial charge in [0.2, 0.25) is 0 Å². The Hall–Kier alpha value is -1.50. The lowest BCUT2D eigenvalue weighted by molar-refractivity contribution is -0.138. The molecular weight excluding hydrogens is 266 g/mol. The summed E-state index contributed by atoms with van der Waals surface area (Å²) < 4.78 is 3.80. The maximum atomic E-state index is 12.0. The second-order valence-electron chi connectivity index (χ2n) is 4.72. The number of carboxylic acid groups (broad SMARTS) is 1. The fourth-order valence-corrected chi connectivity index (χ4v) is 2.39. The lowest BCUT2D eigenvalue weighted by Crippen LogP contribution is -2.30. The second-order valence-corrected chi connectivity index (χ2v) is 5.48. The van der Waals surface area contributed by atoms with E-state index in [1.165, 1.54) is 0 Å². The third-order valence-corrected chi connectivity index (χ3v) is 3.60. The Bertz CT molecular complexity index is 445. The van der Waals surface area contributed by atoms with E-state index in [9.17, 15) is 9.59 Å². The minimum Gasteiger partial charge on any atom is -0.481 e. The standard InChI is InChI=1S/C12H19N3O3S/c1-4-8(5-9(16)17)6-13-12(18)11-10(7(2)3)14-15-19-11/h7-8H,4-6H2,1-3H3,(H,13,18)(H,16,17). The SMILES string of the molecule is CCC(CNC(=O)c1snnc1C(C)C)CC(=O)O. The number of nitrogens with one attached hydrogen (secondary N) is 1. The zero-order valence-electron chi connectivity index (χ0n) is 11.3. The van der Waals surface area contributed by atoms with Gasteiger partial charge in [0.25, 0.3) is 5.91 Å². The van der Waals surface area contributed by atoms with E-state index in [-0.39, 0.29) is 24.2 Å². The van der Waals surface area contributed by atoms with Gasteiger partial charge in [-0.2, -0.15) is 0 Å². The zero-order chi connectivity index (χ0) is 14.4. The molecule has 1 unspecified atom stereocenters. The summed E-state index contributed by atoms with van der Waals surface area (Å²) in [5.41, 5.74) is 0.689. The fraction of sp³-hybridized carbons (Fsp3) is 0.667. The van der Waals surface area contributed by atoms with Gasteiger partial charge in [0.1, 0.15) is 4.88 Å². The van der Waals surface area contributed by atoms with Crippen LogP contribution in [-0.4, -0.2) is 33.1 Å². The molecule has 0 bridgehead atoms. The molecule has 1 aromatic heterocycles. The van der Waals surface area contributed by atoms with Gasteiger partial charge < -0.3 is 10.4 Å². The minimum atomic E-state index is -0.844. The first-order valence-corrected chi connectivity index (χ1v) is 7.05. The smallest absolute Gasteiger partial charge is 0.303 e. The first kappa shape index (κ1) is 15.6. The molecule has 0 saturated heterocycles. The van der Waals surface area contributed by atoms with Crippen LogP contribution in [0.2, 0.25) is 0 Å². The highest BCUT2D eigenvalue weighted by molar-refractivity contribution is 7.08. The number of carboxylic acids is 1. The van der Waals surface area contributed by atoms with Crippen molar-refractivity contribution in [2.75, 3.05) is 6.54 Å². The monoisotopic (exact) mass is 285 g/mol. The summed E-state index contributed by atoms with van der Waals surface area (Å²) in [5.74, 6) is -0.976. The van der Waals surface area contributed by atoms with Crippen LogP contribution in [0.25, 0.3) is 0 Å². The van der Waals surface area contributed by atoms with Crippen molar-refractivity contribution in [3.63, 3.8) is 0 Å². The van der Waals surface area contributed by atoms with Crippen LogP contribution in [0.1, 0.15) is 54.9 Å². The second kappa shape index (κ2) is 7.18. The number of nitrogens with zero attached hydrogens (tertiary/aromatic N) is 2. The molecule has 19 heavy (non-hydrogen) atoms. The van der Waals surface area contributed by atoms with Crippen LogP contribution in [0.4, 0.5) is 0 Å². The summed E-state index contributed by atoms with van der Waals surface area (Å²) in [7, 11) is 0. The molecular formula is C12H19N3O3S. The summed E-state index contributed by atoms with van der Waals surface area (Å²) in [5, 5.41) is 15.5. The summed E-state index contributed by atoms with van der Waals surface area (Å²) in [4.78, 5) is 23.2. The molecule has 6 nitrogen and oxygen atoms in total. The van der Waals surface area contributed by atoms with E-state index in [0.29, 0.717) is 23.5 Å². The number of aromatic nitrogens is 2. The molecule has 0 fully saturated rings. The van der Waals surface area contributed by atoms with Gasteiger partial charge in [0.15, 0.2) is 0 Å². The first-order valence-electron chi connectivity index (χ1n) is 6.27. The number of rotatable bonds is 7. The molecule has 1 rings (SSSR count). The topological polar surface area (TPSA) is 92.2 Å². The van der Waals surface area contributed by atoms with Crippen molar-refractivity contribution >= 4 is 23.4 Å². The van der Waals surface area contributed by atoms with Gasteiger partial charge in [-0.25, -0.2) is 0 Å². The van der Waals surface area contributed by atoms with Gasteiger partial charge in [0, 0.05) is 13.0 Å². The number of hydrogen-bond acceptors (Lipinski definition) is 5. The Morgan fingerprint density at radius 3 is 2.63 bits per heavy atom. The molecule has 0 spiro atoms. The highest BCUT2D eigenvalue weighted by Crippen LogP contribution is 2.19. The van der Waals surface area contributed by atoms with Crippen molar-refractivity contribution in [2.45, 2.75) is 39.5 Å². The van der Waals surface area contributed by atoms with Crippen molar-refractivity contribution in [1.82, 2.24) is 14.9 Å². The van der Waals surface area contributed by atoms with E-state index >= 15 is 0 Å². The predicted molar refractivity (Wildman–Crippen MR) is 72.4 cm³/mol. The summed E-state index contributed by atoms with van der Waals surface area (Å²) in [6, 6.07) is 0. The molecule has 0 aliphatic heterocycles. The summed E-state index contributed by atoms with van der Waals surface area (Å²) >= 11 is 1.07. The molecule has 1 aromatic rings. The lowest BCUT2D eigenvalue weighted by atomic mass is 10.0. The number of aliphatic carboxylic acids is 1. The fourth-order valence-electron chi connectivity index (χ4n) is 1.66. The zero-order valence-corrected chi connectivity index (χ0v) is 12.2. The molecule has 0 aromatic carbocycles. The highest BCUT2D eigenvalue weighted by Gasteiger charge is 2.19. The normalized spacial score (nSPS) is 12.4. The van der Waals surface area contributed by atoms with E-state index in [1.807, 2.05) is 20.8 Å². The van der Waals surface area contributed by atoms with Crippen LogP contribution in [0.3, 0.4) is 0 Å². The molecule has 0 saturated carbocycles. The van der Waals surface area contributed by atoms with Gasteiger partial charge in [-0.1, -0.05) is 31.7 Å². The third kappa shape index (κ3) is 4.59. The van der Waals surface area contributed by atoms with Gasteiger partial charge in [-0.05, 0) is 23.4 Å². The molecule has 0 radical (unpaired) electrons. The van der Waals surface area contributed by atoms with Gasteiger partial charge >= 0.3 is 5.97 Å². The third-order valence-electron chi connectivity index (χ3n) is 2.86. The van der Waals surface area contributed by atoms with Crippen LogP contribution in [0.15, 0.2) is 0 Å². The van der Waals surface area contributed by atoms with E-state index < -0.39 is 5.97 Å². The van der Waals surface area contributed by atoms with Crippen molar-refractivity contribution < 1.29 is 14.7 Å². The summed E-state index contributed by atoms with van der Waals surface area (Å²) in [6.07, 6.45) is 0.777. The Kier molecular flexibility index (Phi) is 5.88. The van der Waals surface area contributed by atoms with E-state index in [2.05, 4.69) is 14.9 Å². The molecule has 0 aliphatic rings. The predicted octanol–water partition coefficient (Wildman–Crippen LogP) is 1.89. The van der Waals surface area contributed by atoms with Gasteiger partial charge in [-0.3, -0.25) is 9.59 Å². The number of hydrogen-bond donors (Lipinski definition) is 2. The Labute approximate surface area is 116 Å².